The van der Waals surface area contributed by atoms with Crippen LogP contribution in [0.25, 0.3) is 0 Å². The number of fused-ring (bicyclic) bond motifs is 1. The molecule has 0 spiro atoms. The number of nitrogens with zero attached hydrogens (tertiary/aromatic N) is 2. The molecule has 2 heterocycles. The number of anilines is 1. The van der Waals surface area contributed by atoms with Gasteiger partial charge in [-0.1, -0.05) is 18.2 Å². The summed E-state index contributed by atoms with van der Waals surface area (Å²) in [7, 11) is 2.11. The van der Waals surface area contributed by atoms with Gasteiger partial charge in [-0.2, -0.15) is 0 Å². The van der Waals surface area contributed by atoms with Gasteiger partial charge in [0.25, 0.3) is 0 Å². The Balaban J connectivity index is 1.53. The van der Waals surface area contributed by atoms with Crippen LogP contribution in [-0.2, 0) is 16.1 Å². The predicted octanol–water partition coefficient (Wildman–Crippen LogP) is 1.23. The number of amides is 1. The lowest BCUT2D eigenvalue weighted by Gasteiger charge is -2.20. The summed E-state index contributed by atoms with van der Waals surface area (Å²) in [4.78, 5) is 16.6. The number of likely N-dealkylation sites (N-methyl/N-ethyl adjacent to an activating group) is 1. The second-order valence-electron chi connectivity index (χ2n) is 6.20. The SMILES string of the molecule is CN1CCN(CC(=O)NC[C@H]2CCCO2)Cc2ccccc21. The number of ether oxygens (including phenoxy) is 1. The molecule has 1 aromatic carbocycles. The minimum Gasteiger partial charge on any atom is -0.376 e. The molecular formula is C17H25N3O2. The topological polar surface area (TPSA) is 44.8 Å². The van der Waals surface area contributed by atoms with Crippen molar-refractivity contribution in [2.24, 2.45) is 0 Å². The monoisotopic (exact) mass is 303 g/mol. The minimum atomic E-state index is 0.0949. The van der Waals surface area contributed by atoms with E-state index in [0.717, 1.165) is 39.1 Å². The highest BCUT2D eigenvalue weighted by atomic mass is 16.5. The zero-order valence-electron chi connectivity index (χ0n) is 13.3. The first-order valence-electron chi connectivity index (χ1n) is 8.12. The first kappa shape index (κ1) is 15.3. The van der Waals surface area contributed by atoms with E-state index in [4.69, 9.17) is 4.74 Å². The summed E-state index contributed by atoms with van der Waals surface area (Å²) < 4.78 is 5.54. The van der Waals surface area contributed by atoms with E-state index in [1.165, 1.54) is 11.3 Å². The lowest BCUT2D eigenvalue weighted by Crippen LogP contribution is -2.41. The van der Waals surface area contributed by atoms with E-state index in [-0.39, 0.29) is 12.0 Å². The van der Waals surface area contributed by atoms with Crippen LogP contribution in [0.15, 0.2) is 24.3 Å². The van der Waals surface area contributed by atoms with Gasteiger partial charge in [-0.05, 0) is 24.5 Å². The molecule has 5 heteroatoms. The van der Waals surface area contributed by atoms with Crippen molar-refractivity contribution >= 4 is 11.6 Å². The number of benzene rings is 1. The van der Waals surface area contributed by atoms with Crippen LogP contribution >= 0.6 is 0 Å². The summed E-state index contributed by atoms with van der Waals surface area (Å²) in [6.45, 7) is 4.59. The predicted molar refractivity (Wildman–Crippen MR) is 87.0 cm³/mol. The van der Waals surface area contributed by atoms with E-state index in [1.54, 1.807) is 0 Å². The van der Waals surface area contributed by atoms with E-state index >= 15 is 0 Å². The number of para-hydroxylation sites is 1. The van der Waals surface area contributed by atoms with Gasteiger partial charge in [0.2, 0.25) is 5.91 Å². The van der Waals surface area contributed by atoms with Crippen molar-refractivity contribution in [1.29, 1.82) is 0 Å². The number of rotatable bonds is 4. The van der Waals surface area contributed by atoms with Gasteiger partial charge in [0.05, 0.1) is 12.6 Å². The van der Waals surface area contributed by atoms with Crippen LogP contribution < -0.4 is 10.2 Å². The third-order valence-corrected chi connectivity index (χ3v) is 4.47. The number of carbonyl (C=O) groups is 1. The Morgan fingerprint density at radius 1 is 1.36 bits per heavy atom. The molecule has 0 radical (unpaired) electrons. The van der Waals surface area contributed by atoms with Crippen LogP contribution in [0, 0.1) is 0 Å². The molecule has 1 N–H and O–H groups in total. The van der Waals surface area contributed by atoms with Gasteiger partial charge in [-0.15, -0.1) is 0 Å². The van der Waals surface area contributed by atoms with Crippen molar-refractivity contribution in [3.8, 4) is 0 Å². The standard InChI is InChI=1S/C17H25N3O2/c1-19-8-9-20(12-14-5-2-3-7-16(14)19)13-17(21)18-11-15-6-4-10-22-15/h2-3,5,7,15H,4,6,8-13H2,1H3,(H,18,21)/t15-/m1/s1. The van der Waals surface area contributed by atoms with E-state index in [2.05, 4.69) is 46.4 Å². The van der Waals surface area contributed by atoms with Crippen molar-refractivity contribution in [2.75, 3.05) is 44.7 Å². The Morgan fingerprint density at radius 3 is 3.05 bits per heavy atom. The molecule has 0 aliphatic carbocycles. The quantitative estimate of drug-likeness (QED) is 0.909. The minimum absolute atomic E-state index is 0.0949. The van der Waals surface area contributed by atoms with Gasteiger partial charge >= 0.3 is 0 Å². The Labute approximate surface area is 132 Å². The molecule has 120 valence electrons. The summed E-state index contributed by atoms with van der Waals surface area (Å²) in [6.07, 6.45) is 2.37. The number of carbonyl (C=O) groups excluding carboxylic acids is 1. The van der Waals surface area contributed by atoms with Crippen LogP contribution in [0.5, 0.6) is 0 Å². The largest absolute Gasteiger partial charge is 0.376 e. The van der Waals surface area contributed by atoms with Crippen molar-refractivity contribution in [2.45, 2.75) is 25.5 Å². The van der Waals surface area contributed by atoms with Crippen LogP contribution in [0.2, 0.25) is 0 Å². The fourth-order valence-corrected chi connectivity index (χ4v) is 3.18. The first-order chi connectivity index (χ1) is 10.7. The van der Waals surface area contributed by atoms with E-state index in [1.807, 2.05) is 0 Å². The van der Waals surface area contributed by atoms with Crippen molar-refractivity contribution in [1.82, 2.24) is 10.2 Å². The lowest BCUT2D eigenvalue weighted by molar-refractivity contribution is -0.122. The second-order valence-corrected chi connectivity index (χ2v) is 6.20. The highest BCUT2D eigenvalue weighted by Gasteiger charge is 2.20. The lowest BCUT2D eigenvalue weighted by atomic mass is 10.1. The van der Waals surface area contributed by atoms with Crippen LogP contribution in [-0.4, -0.2) is 56.7 Å². The molecule has 0 saturated carbocycles. The molecule has 0 bridgehead atoms. The molecule has 0 unspecified atom stereocenters. The van der Waals surface area contributed by atoms with Crippen LogP contribution in [0.3, 0.4) is 0 Å². The highest BCUT2D eigenvalue weighted by Crippen LogP contribution is 2.23. The van der Waals surface area contributed by atoms with Gasteiger partial charge in [0.15, 0.2) is 0 Å². The molecule has 1 fully saturated rings. The van der Waals surface area contributed by atoms with Crippen LogP contribution in [0.1, 0.15) is 18.4 Å². The number of nitrogens with one attached hydrogen (secondary N) is 1. The smallest absolute Gasteiger partial charge is 0.234 e. The Hall–Kier alpha value is -1.59. The zero-order valence-corrected chi connectivity index (χ0v) is 13.3. The van der Waals surface area contributed by atoms with Gasteiger partial charge in [-0.3, -0.25) is 9.69 Å². The third kappa shape index (κ3) is 3.78. The molecule has 0 aromatic heterocycles. The molecule has 1 saturated heterocycles. The molecule has 2 aliphatic heterocycles. The highest BCUT2D eigenvalue weighted by molar-refractivity contribution is 5.78. The molecule has 5 nitrogen and oxygen atoms in total. The summed E-state index contributed by atoms with van der Waals surface area (Å²) in [5.41, 5.74) is 2.55. The molecule has 1 aromatic rings. The zero-order chi connectivity index (χ0) is 15.4. The fraction of sp³-hybridized carbons (Fsp3) is 0.588. The van der Waals surface area contributed by atoms with Gasteiger partial charge in [0, 0.05) is 45.5 Å². The Kier molecular flexibility index (Phi) is 4.95. The average molecular weight is 303 g/mol. The van der Waals surface area contributed by atoms with Crippen molar-refractivity contribution < 1.29 is 9.53 Å². The number of hydrogen-bond acceptors (Lipinski definition) is 4. The average Bonchev–Trinajstić information content (AvgIpc) is 2.99. The summed E-state index contributed by atoms with van der Waals surface area (Å²) in [5, 5.41) is 3.01. The summed E-state index contributed by atoms with van der Waals surface area (Å²) >= 11 is 0. The molecule has 2 aliphatic rings. The van der Waals surface area contributed by atoms with Crippen molar-refractivity contribution in [3.05, 3.63) is 29.8 Å². The maximum Gasteiger partial charge on any atom is 0.234 e. The van der Waals surface area contributed by atoms with Gasteiger partial charge < -0.3 is 15.0 Å². The second kappa shape index (κ2) is 7.11. The fourth-order valence-electron chi connectivity index (χ4n) is 3.18. The summed E-state index contributed by atoms with van der Waals surface area (Å²) in [6, 6.07) is 8.43. The molecule has 3 rings (SSSR count). The van der Waals surface area contributed by atoms with Crippen LogP contribution in [0.4, 0.5) is 5.69 Å². The maximum atomic E-state index is 12.2. The van der Waals surface area contributed by atoms with Gasteiger partial charge in [-0.25, -0.2) is 0 Å². The van der Waals surface area contributed by atoms with E-state index in [9.17, 15) is 4.79 Å². The van der Waals surface area contributed by atoms with E-state index in [0.29, 0.717) is 13.1 Å². The molecule has 1 atom stereocenters. The third-order valence-electron chi connectivity index (χ3n) is 4.47. The Bertz CT molecular complexity index is 514. The normalized spacial score (nSPS) is 22.2. The first-order valence-corrected chi connectivity index (χ1v) is 8.12. The Morgan fingerprint density at radius 2 is 2.23 bits per heavy atom. The molecule has 22 heavy (non-hydrogen) atoms. The van der Waals surface area contributed by atoms with Gasteiger partial charge in [0.1, 0.15) is 0 Å². The summed E-state index contributed by atoms with van der Waals surface area (Å²) in [5.74, 6) is 0.0949. The number of hydrogen-bond donors (Lipinski definition) is 1. The van der Waals surface area contributed by atoms with Crippen molar-refractivity contribution in [3.63, 3.8) is 0 Å². The maximum absolute atomic E-state index is 12.2. The molecule has 1 amide bonds. The van der Waals surface area contributed by atoms with E-state index < -0.39 is 0 Å². The molecular weight excluding hydrogens is 278 g/mol.